The standard InChI is InChI=1S/C17H22O2/c1-14-8-10-17(11-9-14)19-13-16-6-3-2-5-15(16)7-4-12-18/h2-3,5-6,14,17-18H,8-13H2,1H3. The van der Waals surface area contributed by atoms with Crippen LogP contribution in [0.25, 0.3) is 0 Å². The van der Waals surface area contributed by atoms with Crippen molar-refractivity contribution in [1.82, 2.24) is 0 Å². The molecule has 0 saturated heterocycles. The van der Waals surface area contributed by atoms with Gasteiger partial charge in [0.25, 0.3) is 0 Å². The summed E-state index contributed by atoms with van der Waals surface area (Å²) in [4.78, 5) is 0. The average Bonchev–Trinajstić information content (AvgIpc) is 2.45. The van der Waals surface area contributed by atoms with Crippen LogP contribution in [0.5, 0.6) is 0 Å². The molecule has 0 radical (unpaired) electrons. The lowest BCUT2D eigenvalue weighted by Crippen LogP contribution is -2.20. The third-order valence-corrected chi connectivity index (χ3v) is 3.76. The van der Waals surface area contributed by atoms with E-state index in [4.69, 9.17) is 9.84 Å². The third-order valence-electron chi connectivity index (χ3n) is 3.76. The van der Waals surface area contributed by atoms with Crippen LogP contribution in [0.3, 0.4) is 0 Å². The Morgan fingerprint density at radius 3 is 2.68 bits per heavy atom. The van der Waals surface area contributed by atoms with Crippen molar-refractivity contribution in [3.05, 3.63) is 35.4 Å². The van der Waals surface area contributed by atoms with Gasteiger partial charge in [0.15, 0.2) is 0 Å². The Balaban J connectivity index is 1.92. The highest BCUT2D eigenvalue weighted by atomic mass is 16.5. The summed E-state index contributed by atoms with van der Waals surface area (Å²) in [5, 5.41) is 8.77. The molecule has 0 atom stereocenters. The second-order valence-corrected chi connectivity index (χ2v) is 5.31. The predicted molar refractivity (Wildman–Crippen MR) is 76.6 cm³/mol. The Hall–Kier alpha value is -1.30. The maximum absolute atomic E-state index is 8.77. The van der Waals surface area contributed by atoms with Gasteiger partial charge >= 0.3 is 0 Å². The number of hydrogen-bond acceptors (Lipinski definition) is 2. The molecule has 1 aromatic carbocycles. The molecule has 1 saturated carbocycles. The normalized spacial score (nSPS) is 22.6. The highest BCUT2D eigenvalue weighted by molar-refractivity contribution is 5.40. The minimum atomic E-state index is -0.101. The largest absolute Gasteiger partial charge is 0.384 e. The van der Waals surface area contributed by atoms with E-state index < -0.39 is 0 Å². The second-order valence-electron chi connectivity index (χ2n) is 5.31. The van der Waals surface area contributed by atoms with Crippen LogP contribution in [0.15, 0.2) is 24.3 Å². The molecule has 2 rings (SSSR count). The minimum Gasteiger partial charge on any atom is -0.384 e. The molecule has 1 aliphatic carbocycles. The summed E-state index contributed by atoms with van der Waals surface area (Å²) in [6.07, 6.45) is 5.29. The van der Waals surface area contributed by atoms with E-state index in [1.165, 1.54) is 25.7 Å². The van der Waals surface area contributed by atoms with Crippen LogP contribution in [0, 0.1) is 17.8 Å². The fraction of sp³-hybridized carbons (Fsp3) is 0.529. The van der Waals surface area contributed by atoms with Crippen molar-refractivity contribution in [3.8, 4) is 11.8 Å². The van der Waals surface area contributed by atoms with Crippen molar-refractivity contribution in [2.45, 2.75) is 45.3 Å². The first-order valence-electron chi connectivity index (χ1n) is 7.09. The molecule has 19 heavy (non-hydrogen) atoms. The topological polar surface area (TPSA) is 29.5 Å². The van der Waals surface area contributed by atoms with Crippen LogP contribution < -0.4 is 0 Å². The molecule has 1 N–H and O–H groups in total. The van der Waals surface area contributed by atoms with Crippen molar-refractivity contribution < 1.29 is 9.84 Å². The fourth-order valence-electron chi connectivity index (χ4n) is 2.51. The van der Waals surface area contributed by atoms with Gasteiger partial charge in [0.1, 0.15) is 6.61 Å². The van der Waals surface area contributed by atoms with Crippen LogP contribution in [-0.2, 0) is 11.3 Å². The summed E-state index contributed by atoms with van der Waals surface area (Å²) in [5.41, 5.74) is 2.07. The first-order valence-corrected chi connectivity index (χ1v) is 7.09. The van der Waals surface area contributed by atoms with Crippen molar-refractivity contribution in [2.75, 3.05) is 6.61 Å². The van der Waals surface area contributed by atoms with Gasteiger partial charge in [-0.3, -0.25) is 0 Å². The zero-order valence-electron chi connectivity index (χ0n) is 11.6. The Morgan fingerprint density at radius 2 is 1.95 bits per heavy atom. The molecule has 0 aromatic heterocycles. The Labute approximate surface area is 115 Å². The van der Waals surface area contributed by atoms with E-state index in [1.54, 1.807) is 0 Å². The fourth-order valence-corrected chi connectivity index (χ4v) is 2.51. The molecular formula is C17H22O2. The Morgan fingerprint density at radius 1 is 1.21 bits per heavy atom. The van der Waals surface area contributed by atoms with E-state index in [0.717, 1.165) is 17.0 Å². The van der Waals surface area contributed by atoms with Gasteiger partial charge in [-0.25, -0.2) is 0 Å². The maximum Gasteiger partial charge on any atom is 0.104 e. The van der Waals surface area contributed by atoms with E-state index in [2.05, 4.69) is 18.8 Å². The molecule has 0 unspecified atom stereocenters. The summed E-state index contributed by atoms with van der Waals surface area (Å²) in [5.74, 6) is 6.53. The van der Waals surface area contributed by atoms with E-state index in [-0.39, 0.29) is 6.61 Å². The second kappa shape index (κ2) is 7.33. The highest BCUT2D eigenvalue weighted by Crippen LogP contribution is 2.26. The molecular weight excluding hydrogens is 236 g/mol. The maximum atomic E-state index is 8.77. The third kappa shape index (κ3) is 4.38. The number of ether oxygens (including phenoxy) is 1. The molecule has 102 valence electrons. The summed E-state index contributed by atoms with van der Waals surface area (Å²) < 4.78 is 6.01. The molecule has 0 heterocycles. The highest BCUT2D eigenvalue weighted by Gasteiger charge is 2.18. The van der Waals surface area contributed by atoms with Gasteiger partial charge in [0.05, 0.1) is 12.7 Å². The summed E-state index contributed by atoms with van der Waals surface area (Å²) in [6.45, 7) is 2.83. The lowest BCUT2D eigenvalue weighted by Gasteiger charge is -2.26. The number of benzene rings is 1. The molecule has 0 bridgehead atoms. The molecule has 2 nitrogen and oxygen atoms in total. The lowest BCUT2D eigenvalue weighted by atomic mass is 9.89. The Bertz CT molecular complexity index is 448. The van der Waals surface area contributed by atoms with Gasteiger partial charge in [0, 0.05) is 5.56 Å². The Kier molecular flexibility index (Phi) is 5.44. The van der Waals surface area contributed by atoms with Gasteiger partial charge in [-0.2, -0.15) is 0 Å². The van der Waals surface area contributed by atoms with Gasteiger partial charge in [-0.15, -0.1) is 0 Å². The van der Waals surface area contributed by atoms with E-state index in [9.17, 15) is 0 Å². The summed E-state index contributed by atoms with van der Waals surface area (Å²) in [6, 6.07) is 8.00. The molecule has 1 fully saturated rings. The van der Waals surface area contributed by atoms with Gasteiger partial charge < -0.3 is 9.84 Å². The van der Waals surface area contributed by atoms with Gasteiger partial charge in [-0.05, 0) is 43.2 Å². The van der Waals surface area contributed by atoms with Gasteiger partial charge in [-0.1, -0.05) is 37.0 Å². The van der Waals surface area contributed by atoms with Crippen molar-refractivity contribution in [3.63, 3.8) is 0 Å². The molecule has 0 aliphatic heterocycles. The number of aliphatic hydroxyl groups is 1. The molecule has 1 aliphatic rings. The van der Waals surface area contributed by atoms with Crippen molar-refractivity contribution in [2.24, 2.45) is 5.92 Å². The summed E-state index contributed by atoms with van der Waals surface area (Å²) >= 11 is 0. The zero-order valence-corrected chi connectivity index (χ0v) is 11.6. The molecule has 0 spiro atoms. The minimum absolute atomic E-state index is 0.101. The quantitative estimate of drug-likeness (QED) is 0.844. The lowest BCUT2D eigenvalue weighted by molar-refractivity contribution is 0.00869. The predicted octanol–water partition coefficient (Wildman–Crippen LogP) is 3.13. The average molecular weight is 258 g/mol. The van der Waals surface area contributed by atoms with Crippen LogP contribution in [0.1, 0.15) is 43.7 Å². The molecule has 2 heteroatoms. The van der Waals surface area contributed by atoms with Crippen LogP contribution in [-0.4, -0.2) is 17.8 Å². The van der Waals surface area contributed by atoms with Crippen molar-refractivity contribution >= 4 is 0 Å². The summed E-state index contributed by atoms with van der Waals surface area (Å²) in [7, 11) is 0. The van der Waals surface area contributed by atoms with E-state index >= 15 is 0 Å². The van der Waals surface area contributed by atoms with Crippen LogP contribution in [0.4, 0.5) is 0 Å². The van der Waals surface area contributed by atoms with E-state index in [1.807, 2.05) is 24.3 Å². The monoisotopic (exact) mass is 258 g/mol. The zero-order chi connectivity index (χ0) is 13.5. The number of hydrogen-bond donors (Lipinski definition) is 1. The first kappa shape index (κ1) is 14.1. The first-order chi connectivity index (χ1) is 9.29. The van der Waals surface area contributed by atoms with E-state index in [0.29, 0.717) is 12.7 Å². The SMILES string of the molecule is CC1CCC(OCc2ccccc2C#CCO)CC1. The number of aliphatic hydroxyl groups excluding tert-OH is 1. The smallest absolute Gasteiger partial charge is 0.104 e. The van der Waals surface area contributed by atoms with Gasteiger partial charge in [0.2, 0.25) is 0 Å². The van der Waals surface area contributed by atoms with Crippen LogP contribution >= 0.6 is 0 Å². The van der Waals surface area contributed by atoms with Crippen molar-refractivity contribution in [1.29, 1.82) is 0 Å². The number of rotatable bonds is 3. The van der Waals surface area contributed by atoms with Crippen LogP contribution in [0.2, 0.25) is 0 Å². The molecule has 1 aromatic rings. The molecule has 0 amide bonds.